The SMILES string of the molecule is COc1cc2c(cc1OC)C(NC(=O)C1CCCCC1)CC2. The van der Waals surface area contributed by atoms with Crippen LogP contribution in [0.3, 0.4) is 0 Å². The predicted molar refractivity (Wildman–Crippen MR) is 85.3 cm³/mol. The smallest absolute Gasteiger partial charge is 0.223 e. The first-order valence-electron chi connectivity index (χ1n) is 8.28. The molecule has 1 N–H and O–H groups in total. The molecule has 0 radical (unpaired) electrons. The number of rotatable bonds is 4. The van der Waals surface area contributed by atoms with Crippen molar-refractivity contribution in [1.29, 1.82) is 0 Å². The molecule has 2 aliphatic rings. The number of carbonyl (C=O) groups excluding carboxylic acids is 1. The maximum Gasteiger partial charge on any atom is 0.223 e. The van der Waals surface area contributed by atoms with E-state index in [1.54, 1.807) is 14.2 Å². The Balaban J connectivity index is 1.74. The van der Waals surface area contributed by atoms with Gasteiger partial charge in [0.1, 0.15) is 0 Å². The summed E-state index contributed by atoms with van der Waals surface area (Å²) < 4.78 is 10.8. The van der Waals surface area contributed by atoms with E-state index < -0.39 is 0 Å². The summed E-state index contributed by atoms with van der Waals surface area (Å²) in [5.74, 6) is 1.94. The van der Waals surface area contributed by atoms with E-state index in [0.29, 0.717) is 0 Å². The molecule has 2 aliphatic carbocycles. The number of nitrogens with one attached hydrogen (secondary N) is 1. The summed E-state index contributed by atoms with van der Waals surface area (Å²) in [6.45, 7) is 0. The van der Waals surface area contributed by atoms with Crippen molar-refractivity contribution >= 4 is 5.91 Å². The molecule has 0 heterocycles. The molecular formula is C18H25NO3. The van der Waals surface area contributed by atoms with E-state index in [0.717, 1.165) is 37.2 Å². The van der Waals surface area contributed by atoms with Crippen molar-refractivity contribution in [2.75, 3.05) is 14.2 Å². The van der Waals surface area contributed by atoms with Gasteiger partial charge in [-0.3, -0.25) is 4.79 Å². The van der Waals surface area contributed by atoms with E-state index >= 15 is 0 Å². The van der Waals surface area contributed by atoms with Crippen molar-refractivity contribution in [3.8, 4) is 11.5 Å². The molecule has 22 heavy (non-hydrogen) atoms. The van der Waals surface area contributed by atoms with Gasteiger partial charge in [0.25, 0.3) is 0 Å². The van der Waals surface area contributed by atoms with Crippen LogP contribution in [0.25, 0.3) is 0 Å². The number of carbonyl (C=O) groups is 1. The Bertz CT molecular complexity index is 550. The fraction of sp³-hybridized carbons (Fsp3) is 0.611. The lowest BCUT2D eigenvalue weighted by molar-refractivity contribution is -0.126. The minimum Gasteiger partial charge on any atom is -0.493 e. The summed E-state index contributed by atoms with van der Waals surface area (Å²) >= 11 is 0. The van der Waals surface area contributed by atoms with Crippen LogP contribution in [-0.2, 0) is 11.2 Å². The van der Waals surface area contributed by atoms with Crippen molar-refractivity contribution in [2.45, 2.75) is 51.0 Å². The Morgan fingerprint density at radius 3 is 2.41 bits per heavy atom. The average molecular weight is 303 g/mol. The largest absolute Gasteiger partial charge is 0.493 e. The zero-order chi connectivity index (χ0) is 15.5. The van der Waals surface area contributed by atoms with E-state index in [1.165, 1.54) is 30.4 Å². The van der Waals surface area contributed by atoms with Crippen LogP contribution in [0.1, 0.15) is 55.7 Å². The molecule has 4 heteroatoms. The highest BCUT2D eigenvalue weighted by molar-refractivity contribution is 5.79. The minimum absolute atomic E-state index is 0.115. The van der Waals surface area contributed by atoms with Crippen LogP contribution in [0.15, 0.2) is 12.1 Å². The van der Waals surface area contributed by atoms with Crippen molar-refractivity contribution in [1.82, 2.24) is 5.32 Å². The summed E-state index contributed by atoms with van der Waals surface area (Å²) in [5.41, 5.74) is 2.44. The van der Waals surface area contributed by atoms with E-state index in [1.807, 2.05) is 12.1 Å². The first-order valence-corrected chi connectivity index (χ1v) is 8.28. The zero-order valence-electron chi connectivity index (χ0n) is 13.5. The highest BCUT2D eigenvalue weighted by Gasteiger charge is 2.29. The fourth-order valence-electron chi connectivity index (χ4n) is 3.74. The van der Waals surface area contributed by atoms with Gasteiger partial charge in [-0.25, -0.2) is 0 Å². The third kappa shape index (κ3) is 2.92. The molecule has 0 aromatic heterocycles. The molecule has 1 aromatic rings. The van der Waals surface area contributed by atoms with Crippen LogP contribution >= 0.6 is 0 Å². The van der Waals surface area contributed by atoms with Gasteiger partial charge < -0.3 is 14.8 Å². The van der Waals surface area contributed by atoms with Gasteiger partial charge in [-0.1, -0.05) is 19.3 Å². The molecular weight excluding hydrogens is 278 g/mol. The summed E-state index contributed by atoms with van der Waals surface area (Å²) in [6.07, 6.45) is 7.66. The van der Waals surface area contributed by atoms with Crippen LogP contribution in [0.5, 0.6) is 11.5 Å². The van der Waals surface area contributed by atoms with Crippen molar-refractivity contribution < 1.29 is 14.3 Å². The molecule has 0 saturated heterocycles. The number of fused-ring (bicyclic) bond motifs is 1. The van der Waals surface area contributed by atoms with Gasteiger partial charge in [0, 0.05) is 5.92 Å². The highest BCUT2D eigenvalue weighted by atomic mass is 16.5. The number of hydrogen-bond acceptors (Lipinski definition) is 3. The predicted octanol–water partition coefficient (Wildman–Crippen LogP) is 3.39. The number of ether oxygens (including phenoxy) is 2. The highest BCUT2D eigenvalue weighted by Crippen LogP contribution is 2.39. The van der Waals surface area contributed by atoms with E-state index in [-0.39, 0.29) is 17.9 Å². The van der Waals surface area contributed by atoms with Gasteiger partial charge in [0.15, 0.2) is 11.5 Å². The second kappa shape index (κ2) is 6.59. The van der Waals surface area contributed by atoms with Crippen LogP contribution in [0.4, 0.5) is 0 Å². The van der Waals surface area contributed by atoms with Crippen molar-refractivity contribution in [2.24, 2.45) is 5.92 Å². The standard InChI is InChI=1S/C18H25NO3/c1-21-16-10-13-8-9-15(14(13)11-17(16)22-2)19-18(20)12-6-4-3-5-7-12/h10-12,15H,3-9H2,1-2H3,(H,19,20). The maximum atomic E-state index is 12.5. The number of amides is 1. The van der Waals surface area contributed by atoms with Crippen LogP contribution in [-0.4, -0.2) is 20.1 Å². The van der Waals surface area contributed by atoms with E-state index in [2.05, 4.69) is 5.32 Å². The lowest BCUT2D eigenvalue weighted by Crippen LogP contribution is -2.34. The number of hydrogen-bond donors (Lipinski definition) is 1. The average Bonchev–Trinajstić information content (AvgIpc) is 2.96. The summed E-state index contributed by atoms with van der Waals surface area (Å²) in [4.78, 5) is 12.5. The van der Waals surface area contributed by atoms with E-state index in [4.69, 9.17) is 9.47 Å². The molecule has 1 atom stereocenters. The Morgan fingerprint density at radius 2 is 1.73 bits per heavy atom. The summed E-state index contributed by atoms with van der Waals surface area (Å²) in [5, 5.41) is 3.26. The second-order valence-electron chi connectivity index (χ2n) is 6.34. The molecule has 3 rings (SSSR count). The first kappa shape index (κ1) is 15.2. The zero-order valence-corrected chi connectivity index (χ0v) is 13.5. The minimum atomic E-state index is 0.115. The van der Waals surface area contributed by atoms with Gasteiger partial charge in [0.05, 0.1) is 20.3 Å². The van der Waals surface area contributed by atoms with Gasteiger partial charge in [-0.15, -0.1) is 0 Å². The van der Waals surface area contributed by atoms with Crippen molar-refractivity contribution in [3.63, 3.8) is 0 Å². The second-order valence-corrected chi connectivity index (χ2v) is 6.34. The fourth-order valence-corrected chi connectivity index (χ4v) is 3.74. The third-order valence-electron chi connectivity index (χ3n) is 5.02. The number of aryl methyl sites for hydroxylation is 1. The Hall–Kier alpha value is -1.71. The van der Waals surface area contributed by atoms with Crippen LogP contribution < -0.4 is 14.8 Å². The molecule has 0 bridgehead atoms. The third-order valence-corrected chi connectivity index (χ3v) is 5.02. The van der Waals surface area contributed by atoms with Gasteiger partial charge >= 0.3 is 0 Å². The van der Waals surface area contributed by atoms with Crippen molar-refractivity contribution in [3.05, 3.63) is 23.3 Å². The first-order chi connectivity index (χ1) is 10.7. The van der Waals surface area contributed by atoms with Crippen LogP contribution in [0.2, 0.25) is 0 Å². The normalized spacial score (nSPS) is 21.3. The molecule has 0 aliphatic heterocycles. The van der Waals surface area contributed by atoms with Gasteiger partial charge in [-0.2, -0.15) is 0 Å². The molecule has 0 spiro atoms. The Kier molecular flexibility index (Phi) is 4.55. The molecule has 1 amide bonds. The molecule has 120 valence electrons. The Morgan fingerprint density at radius 1 is 1.05 bits per heavy atom. The van der Waals surface area contributed by atoms with Gasteiger partial charge in [-0.05, 0) is 48.9 Å². The lowest BCUT2D eigenvalue weighted by atomic mass is 9.88. The summed E-state index contributed by atoms with van der Waals surface area (Å²) in [6, 6.07) is 4.18. The molecule has 4 nitrogen and oxygen atoms in total. The van der Waals surface area contributed by atoms with Gasteiger partial charge in [0.2, 0.25) is 5.91 Å². The molecule has 1 unspecified atom stereocenters. The monoisotopic (exact) mass is 303 g/mol. The number of methoxy groups -OCH3 is 2. The molecule has 1 fully saturated rings. The quantitative estimate of drug-likeness (QED) is 0.927. The Labute approximate surface area is 132 Å². The van der Waals surface area contributed by atoms with Crippen LogP contribution in [0, 0.1) is 5.92 Å². The lowest BCUT2D eigenvalue weighted by Gasteiger charge is -2.23. The number of benzene rings is 1. The summed E-state index contributed by atoms with van der Waals surface area (Å²) in [7, 11) is 3.30. The topological polar surface area (TPSA) is 47.6 Å². The van der Waals surface area contributed by atoms with E-state index in [9.17, 15) is 4.79 Å². The molecule has 1 saturated carbocycles. The molecule has 1 aromatic carbocycles. The maximum absolute atomic E-state index is 12.5.